The maximum atomic E-state index is 13.1. The summed E-state index contributed by atoms with van der Waals surface area (Å²) in [4.78, 5) is 35.7. The molecule has 3 aromatic rings. The van der Waals surface area contributed by atoms with Crippen LogP contribution in [0.3, 0.4) is 0 Å². The Morgan fingerprint density at radius 1 is 0.971 bits per heavy atom. The van der Waals surface area contributed by atoms with Crippen LogP contribution in [0, 0.1) is 5.92 Å². The van der Waals surface area contributed by atoms with Gasteiger partial charge in [-0.05, 0) is 49.2 Å². The lowest BCUT2D eigenvalue weighted by molar-refractivity contribution is -0.137. The van der Waals surface area contributed by atoms with Crippen molar-refractivity contribution in [2.45, 2.75) is 12.8 Å². The topological polar surface area (TPSA) is 105 Å². The fourth-order valence-electron chi connectivity index (χ4n) is 4.46. The number of nitrogens with zero attached hydrogens (tertiary/aromatic N) is 5. The highest BCUT2D eigenvalue weighted by Gasteiger charge is 2.33. The standard InChI is InChI=1S/C24H27N5O5/c1-32-19-6-4-17(5-7-19)21-25-24(34-26-21)29-10-8-18(9-11-29)22(30)27-12-14-28(15-13-27)23(31)20-3-2-16-33-20/h2-7,16,18H,8-15H2,1H3. The number of carbonyl (C=O) groups excluding carboxylic acids is 2. The van der Waals surface area contributed by atoms with E-state index in [9.17, 15) is 9.59 Å². The number of amides is 2. The lowest BCUT2D eigenvalue weighted by atomic mass is 9.95. The van der Waals surface area contributed by atoms with Crippen LogP contribution in [0.2, 0.25) is 0 Å². The molecule has 178 valence electrons. The van der Waals surface area contributed by atoms with Crippen molar-refractivity contribution in [3.05, 3.63) is 48.4 Å². The van der Waals surface area contributed by atoms with Crippen LogP contribution in [0.5, 0.6) is 5.75 Å². The van der Waals surface area contributed by atoms with Crippen LogP contribution < -0.4 is 9.64 Å². The maximum Gasteiger partial charge on any atom is 0.324 e. The number of carbonyl (C=O) groups is 2. The number of furan rings is 1. The lowest BCUT2D eigenvalue weighted by Gasteiger charge is -2.38. The second kappa shape index (κ2) is 9.58. The van der Waals surface area contributed by atoms with Gasteiger partial charge >= 0.3 is 6.01 Å². The smallest absolute Gasteiger partial charge is 0.324 e. The van der Waals surface area contributed by atoms with Gasteiger partial charge in [0, 0.05) is 50.7 Å². The first-order valence-corrected chi connectivity index (χ1v) is 11.5. The van der Waals surface area contributed by atoms with Gasteiger partial charge in [0.25, 0.3) is 5.91 Å². The third-order valence-electron chi connectivity index (χ3n) is 6.49. The number of hydrogen-bond donors (Lipinski definition) is 0. The average molecular weight is 466 g/mol. The monoisotopic (exact) mass is 465 g/mol. The van der Waals surface area contributed by atoms with Crippen LogP contribution in [-0.2, 0) is 4.79 Å². The predicted octanol–water partition coefficient (Wildman–Crippen LogP) is 2.54. The quantitative estimate of drug-likeness (QED) is 0.566. The van der Waals surface area contributed by atoms with E-state index in [0.717, 1.165) is 24.2 Å². The van der Waals surface area contributed by atoms with E-state index < -0.39 is 0 Å². The molecule has 10 heteroatoms. The van der Waals surface area contributed by atoms with Gasteiger partial charge < -0.3 is 28.4 Å². The molecule has 0 atom stereocenters. The third kappa shape index (κ3) is 4.48. The van der Waals surface area contributed by atoms with Gasteiger partial charge in [0.05, 0.1) is 13.4 Å². The fraction of sp³-hybridized carbons (Fsp3) is 0.417. The second-order valence-electron chi connectivity index (χ2n) is 8.49. The number of piperazine rings is 1. The van der Waals surface area contributed by atoms with E-state index in [0.29, 0.717) is 56.9 Å². The molecule has 2 saturated heterocycles. The Bertz CT molecular complexity index is 1110. The van der Waals surface area contributed by atoms with E-state index >= 15 is 0 Å². The summed E-state index contributed by atoms with van der Waals surface area (Å²) in [7, 11) is 1.62. The molecule has 0 N–H and O–H groups in total. The fourth-order valence-corrected chi connectivity index (χ4v) is 4.46. The van der Waals surface area contributed by atoms with Gasteiger partial charge in [-0.25, -0.2) is 0 Å². The molecule has 34 heavy (non-hydrogen) atoms. The molecule has 10 nitrogen and oxygen atoms in total. The Kier molecular flexibility index (Phi) is 6.20. The summed E-state index contributed by atoms with van der Waals surface area (Å²) in [6, 6.07) is 11.3. The molecule has 0 spiro atoms. The molecule has 0 bridgehead atoms. The molecule has 2 aliphatic heterocycles. The van der Waals surface area contributed by atoms with Crippen molar-refractivity contribution in [1.82, 2.24) is 19.9 Å². The first kappa shape index (κ1) is 22.0. The van der Waals surface area contributed by atoms with Gasteiger partial charge in [0.2, 0.25) is 11.7 Å². The third-order valence-corrected chi connectivity index (χ3v) is 6.49. The highest BCUT2D eigenvalue weighted by molar-refractivity contribution is 5.91. The molecule has 2 fully saturated rings. The average Bonchev–Trinajstić information content (AvgIpc) is 3.61. The molecule has 2 aliphatic rings. The molecule has 4 heterocycles. The zero-order chi connectivity index (χ0) is 23.5. The molecule has 0 saturated carbocycles. The molecule has 0 radical (unpaired) electrons. The Morgan fingerprint density at radius 3 is 2.32 bits per heavy atom. The lowest BCUT2D eigenvalue weighted by Crippen LogP contribution is -2.53. The van der Waals surface area contributed by atoms with Crippen molar-refractivity contribution in [2.75, 3.05) is 51.3 Å². The van der Waals surface area contributed by atoms with Gasteiger partial charge in [-0.15, -0.1) is 0 Å². The van der Waals surface area contributed by atoms with E-state index in [1.165, 1.54) is 6.26 Å². The highest BCUT2D eigenvalue weighted by atomic mass is 16.5. The van der Waals surface area contributed by atoms with Crippen molar-refractivity contribution >= 4 is 17.8 Å². The Labute approximate surface area is 197 Å². The van der Waals surface area contributed by atoms with E-state index in [1.807, 2.05) is 34.1 Å². The largest absolute Gasteiger partial charge is 0.497 e. The summed E-state index contributed by atoms with van der Waals surface area (Å²) in [5.41, 5.74) is 0.852. The molecule has 2 aromatic heterocycles. The van der Waals surface area contributed by atoms with Gasteiger partial charge in [0.15, 0.2) is 5.76 Å². The minimum absolute atomic E-state index is 0.0347. The van der Waals surface area contributed by atoms with Crippen molar-refractivity contribution < 1.29 is 23.3 Å². The zero-order valence-corrected chi connectivity index (χ0v) is 19.1. The number of piperidine rings is 1. The second-order valence-corrected chi connectivity index (χ2v) is 8.49. The van der Waals surface area contributed by atoms with E-state index in [-0.39, 0.29) is 17.7 Å². The van der Waals surface area contributed by atoms with Crippen LogP contribution in [0.15, 0.2) is 51.6 Å². The number of ether oxygens (including phenoxy) is 1. The Balaban J connectivity index is 1.12. The number of anilines is 1. The minimum atomic E-state index is -0.126. The normalized spacial score (nSPS) is 17.1. The highest BCUT2D eigenvalue weighted by Crippen LogP contribution is 2.27. The number of methoxy groups -OCH3 is 1. The van der Waals surface area contributed by atoms with E-state index in [2.05, 4.69) is 10.1 Å². The van der Waals surface area contributed by atoms with E-state index in [4.69, 9.17) is 13.7 Å². The number of aromatic nitrogens is 2. The van der Waals surface area contributed by atoms with Crippen LogP contribution in [0.4, 0.5) is 6.01 Å². The summed E-state index contributed by atoms with van der Waals surface area (Å²) in [5.74, 6) is 1.63. The van der Waals surface area contributed by atoms with Crippen molar-refractivity contribution in [1.29, 1.82) is 0 Å². The predicted molar refractivity (Wildman–Crippen MR) is 122 cm³/mol. The van der Waals surface area contributed by atoms with Gasteiger partial charge in [-0.3, -0.25) is 9.59 Å². The van der Waals surface area contributed by atoms with Crippen molar-refractivity contribution in [2.24, 2.45) is 5.92 Å². The molecule has 5 rings (SSSR count). The SMILES string of the molecule is COc1ccc(-c2noc(N3CCC(C(=O)N4CCN(C(=O)c5ccco5)CC4)CC3)n2)cc1. The number of rotatable bonds is 5. The first-order chi connectivity index (χ1) is 16.6. The Morgan fingerprint density at radius 2 is 1.68 bits per heavy atom. The van der Waals surface area contributed by atoms with Gasteiger partial charge in [-0.2, -0.15) is 4.98 Å². The molecular formula is C24H27N5O5. The van der Waals surface area contributed by atoms with Crippen molar-refractivity contribution in [3.8, 4) is 17.1 Å². The number of benzene rings is 1. The molecule has 2 amide bonds. The molecule has 0 unspecified atom stereocenters. The van der Waals surface area contributed by atoms with Gasteiger partial charge in [-0.1, -0.05) is 5.16 Å². The zero-order valence-electron chi connectivity index (χ0n) is 19.1. The molecular weight excluding hydrogens is 438 g/mol. The first-order valence-electron chi connectivity index (χ1n) is 11.5. The summed E-state index contributed by atoms with van der Waals surface area (Å²) in [5, 5.41) is 4.10. The maximum absolute atomic E-state index is 13.1. The van der Waals surface area contributed by atoms with Crippen LogP contribution >= 0.6 is 0 Å². The van der Waals surface area contributed by atoms with Crippen LogP contribution in [0.1, 0.15) is 23.4 Å². The summed E-state index contributed by atoms with van der Waals surface area (Å²) >= 11 is 0. The van der Waals surface area contributed by atoms with E-state index in [1.54, 1.807) is 24.1 Å². The summed E-state index contributed by atoms with van der Waals surface area (Å²) in [6.45, 7) is 3.47. The summed E-state index contributed by atoms with van der Waals surface area (Å²) in [6.07, 6.45) is 2.95. The van der Waals surface area contributed by atoms with Crippen LogP contribution in [-0.4, -0.2) is 78.1 Å². The minimum Gasteiger partial charge on any atom is -0.497 e. The number of hydrogen-bond acceptors (Lipinski definition) is 8. The van der Waals surface area contributed by atoms with Crippen molar-refractivity contribution in [3.63, 3.8) is 0 Å². The Hall–Kier alpha value is -3.82. The molecule has 0 aliphatic carbocycles. The van der Waals surface area contributed by atoms with Gasteiger partial charge in [0.1, 0.15) is 5.75 Å². The summed E-state index contributed by atoms with van der Waals surface area (Å²) < 4.78 is 15.9. The molecule has 1 aromatic carbocycles. The van der Waals surface area contributed by atoms with Crippen LogP contribution in [0.25, 0.3) is 11.4 Å².